The lowest BCUT2D eigenvalue weighted by Gasteiger charge is -2.06. The van der Waals surface area contributed by atoms with Crippen LogP contribution in [0.5, 0.6) is 5.75 Å². The second-order valence-electron chi connectivity index (χ2n) is 4.84. The number of hydrogen-bond donors (Lipinski definition) is 2. The van der Waals surface area contributed by atoms with Crippen molar-refractivity contribution in [1.82, 2.24) is 9.97 Å². The van der Waals surface area contributed by atoms with Gasteiger partial charge in [0.15, 0.2) is 11.5 Å². The van der Waals surface area contributed by atoms with Gasteiger partial charge in [0.1, 0.15) is 5.01 Å². The Labute approximate surface area is 129 Å². The number of primary amides is 1. The molecule has 0 aliphatic heterocycles. The van der Waals surface area contributed by atoms with Crippen molar-refractivity contribution in [2.75, 3.05) is 0 Å². The third-order valence-corrected chi connectivity index (χ3v) is 4.12. The van der Waals surface area contributed by atoms with Crippen LogP contribution in [0, 0.1) is 6.92 Å². The van der Waals surface area contributed by atoms with Gasteiger partial charge in [0, 0.05) is 33.8 Å². The van der Waals surface area contributed by atoms with E-state index in [0.717, 1.165) is 10.6 Å². The molecule has 0 radical (unpaired) electrons. The molecule has 1 amide bonds. The zero-order chi connectivity index (χ0) is 15.9. The van der Waals surface area contributed by atoms with Crippen molar-refractivity contribution >= 4 is 34.1 Å². The molecule has 0 saturated carbocycles. The Morgan fingerprint density at radius 2 is 2.14 bits per heavy atom. The predicted molar refractivity (Wildman–Crippen MR) is 84.4 cm³/mol. The van der Waals surface area contributed by atoms with E-state index in [0.29, 0.717) is 22.2 Å². The number of aromatic amines is 1. The van der Waals surface area contributed by atoms with Crippen LogP contribution in [0.25, 0.3) is 21.5 Å². The lowest BCUT2D eigenvalue weighted by molar-refractivity contribution is 0.101. The van der Waals surface area contributed by atoms with Gasteiger partial charge < -0.3 is 15.5 Å². The number of aryl methyl sites for hydroxylation is 1. The van der Waals surface area contributed by atoms with Crippen LogP contribution in [-0.4, -0.2) is 21.8 Å². The van der Waals surface area contributed by atoms with Gasteiger partial charge in [0.25, 0.3) is 0 Å². The molecule has 0 atom stereocenters. The lowest BCUT2D eigenvalue weighted by Crippen LogP contribution is -2.16. The van der Waals surface area contributed by atoms with Crippen molar-refractivity contribution in [2.24, 2.45) is 5.73 Å². The van der Waals surface area contributed by atoms with Gasteiger partial charge in [0.2, 0.25) is 0 Å². The van der Waals surface area contributed by atoms with Crippen LogP contribution in [0.4, 0.5) is 4.79 Å². The Hall–Kier alpha value is -2.67. The number of nitrogens with two attached hydrogens (primary N) is 1. The number of aromatic nitrogens is 2. The van der Waals surface area contributed by atoms with E-state index in [4.69, 9.17) is 10.5 Å². The van der Waals surface area contributed by atoms with Gasteiger partial charge in [-0.3, -0.25) is 4.79 Å². The highest BCUT2D eigenvalue weighted by atomic mass is 32.1. The molecule has 0 unspecified atom stereocenters. The zero-order valence-corrected chi connectivity index (χ0v) is 12.8. The summed E-state index contributed by atoms with van der Waals surface area (Å²) in [6, 6.07) is 3.55. The van der Waals surface area contributed by atoms with E-state index in [1.807, 2.05) is 11.4 Å². The SMILES string of the molecule is CC(=O)c1c(C)[nH]c2c(OC(N)=O)cc(-c3nccs3)cc12. The smallest absolute Gasteiger partial charge is 0.408 e. The second kappa shape index (κ2) is 5.27. The van der Waals surface area contributed by atoms with Gasteiger partial charge >= 0.3 is 6.09 Å². The molecule has 0 aliphatic carbocycles. The first-order valence-electron chi connectivity index (χ1n) is 6.51. The van der Waals surface area contributed by atoms with E-state index >= 15 is 0 Å². The van der Waals surface area contributed by atoms with E-state index in [-0.39, 0.29) is 11.5 Å². The Morgan fingerprint density at radius 1 is 1.36 bits per heavy atom. The first-order chi connectivity index (χ1) is 10.5. The maximum Gasteiger partial charge on any atom is 0.410 e. The van der Waals surface area contributed by atoms with Gasteiger partial charge in [-0.2, -0.15) is 0 Å². The molecule has 22 heavy (non-hydrogen) atoms. The third-order valence-electron chi connectivity index (χ3n) is 3.30. The largest absolute Gasteiger partial charge is 0.410 e. The third kappa shape index (κ3) is 2.35. The standard InChI is InChI=1S/C15H13N3O3S/c1-7-12(8(2)19)10-5-9(14-17-3-4-22-14)6-11(13(10)18-7)21-15(16)20/h3-6,18H,1-2H3,(H2,16,20). The number of thiazole rings is 1. The Bertz CT molecular complexity index is 881. The Balaban J connectivity index is 2.33. The number of carbonyl (C=O) groups excluding carboxylic acids is 2. The summed E-state index contributed by atoms with van der Waals surface area (Å²) in [5.41, 5.74) is 7.76. The second-order valence-corrected chi connectivity index (χ2v) is 5.73. The van der Waals surface area contributed by atoms with E-state index in [1.54, 1.807) is 19.2 Å². The summed E-state index contributed by atoms with van der Waals surface area (Å²) >= 11 is 1.46. The molecule has 0 aliphatic rings. The number of ether oxygens (including phenoxy) is 1. The number of hydrogen-bond acceptors (Lipinski definition) is 5. The van der Waals surface area contributed by atoms with Gasteiger partial charge in [-0.1, -0.05) is 0 Å². The van der Waals surface area contributed by atoms with Crippen molar-refractivity contribution in [3.05, 3.63) is 35.0 Å². The van der Waals surface area contributed by atoms with Gasteiger partial charge in [-0.15, -0.1) is 11.3 Å². The van der Waals surface area contributed by atoms with Crippen LogP contribution in [0.15, 0.2) is 23.7 Å². The molecule has 6 nitrogen and oxygen atoms in total. The molecule has 0 bridgehead atoms. The number of fused-ring (bicyclic) bond motifs is 1. The van der Waals surface area contributed by atoms with Gasteiger partial charge in [-0.25, -0.2) is 9.78 Å². The number of nitrogens with zero attached hydrogens (tertiary/aromatic N) is 1. The minimum Gasteiger partial charge on any atom is -0.408 e. The van der Waals surface area contributed by atoms with E-state index in [2.05, 4.69) is 9.97 Å². The Kier molecular flexibility index (Phi) is 3.42. The molecular formula is C15H13N3O3S. The van der Waals surface area contributed by atoms with Crippen LogP contribution >= 0.6 is 11.3 Å². The number of rotatable bonds is 3. The fourth-order valence-corrected chi connectivity index (χ4v) is 3.15. The fraction of sp³-hybridized carbons (Fsp3) is 0.133. The van der Waals surface area contributed by atoms with Crippen molar-refractivity contribution in [2.45, 2.75) is 13.8 Å². The molecule has 2 heterocycles. The monoisotopic (exact) mass is 315 g/mol. The number of amides is 1. The number of Topliss-reactive ketones (excluding diaryl/α,β-unsaturated/α-hetero) is 1. The summed E-state index contributed by atoms with van der Waals surface area (Å²) in [6.45, 7) is 3.30. The molecule has 0 saturated heterocycles. The maximum absolute atomic E-state index is 11.9. The lowest BCUT2D eigenvalue weighted by atomic mass is 10.0. The molecule has 0 fully saturated rings. The number of H-pyrrole nitrogens is 1. The summed E-state index contributed by atoms with van der Waals surface area (Å²) in [5.74, 6) is 0.218. The first-order valence-corrected chi connectivity index (χ1v) is 7.39. The number of carbonyl (C=O) groups is 2. The van der Waals surface area contributed by atoms with E-state index in [9.17, 15) is 9.59 Å². The number of nitrogens with one attached hydrogen (secondary N) is 1. The quantitative estimate of drug-likeness (QED) is 0.725. The number of benzene rings is 1. The summed E-state index contributed by atoms with van der Waals surface area (Å²) < 4.78 is 5.09. The summed E-state index contributed by atoms with van der Waals surface area (Å²) in [6.07, 6.45) is 0.779. The zero-order valence-electron chi connectivity index (χ0n) is 12.0. The van der Waals surface area contributed by atoms with Gasteiger partial charge in [0.05, 0.1) is 5.52 Å². The Morgan fingerprint density at radius 3 is 2.73 bits per heavy atom. The summed E-state index contributed by atoms with van der Waals surface area (Å²) in [7, 11) is 0. The molecule has 0 spiro atoms. The van der Waals surface area contributed by atoms with Crippen molar-refractivity contribution < 1.29 is 14.3 Å². The molecule has 112 valence electrons. The minimum absolute atomic E-state index is 0.0648. The van der Waals surface area contributed by atoms with Crippen LogP contribution in [-0.2, 0) is 0 Å². The summed E-state index contributed by atoms with van der Waals surface area (Å²) in [5, 5.41) is 3.31. The number of ketones is 1. The highest BCUT2D eigenvalue weighted by Crippen LogP contribution is 2.36. The topological polar surface area (TPSA) is 98.1 Å². The molecule has 3 rings (SSSR count). The molecule has 1 aromatic carbocycles. The highest BCUT2D eigenvalue weighted by molar-refractivity contribution is 7.13. The van der Waals surface area contributed by atoms with Gasteiger partial charge in [-0.05, 0) is 26.0 Å². The first kappa shape index (κ1) is 14.3. The summed E-state index contributed by atoms with van der Waals surface area (Å²) in [4.78, 5) is 30.4. The van der Waals surface area contributed by atoms with Crippen molar-refractivity contribution in [3.8, 4) is 16.3 Å². The fourth-order valence-electron chi connectivity index (χ4n) is 2.53. The maximum atomic E-state index is 11.9. The normalized spacial score (nSPS) is 10.8. The average molecular weight is 315 g/mol. The molecule has 3 aromatic rings. The predicted octanol–water partition coefficient (Wildman–Crippen LogP) is 3.26. The van der Waals surface area contributed by atoms with Crippen LogP contribution in [0.1, 0.15) is 23.0 Å². The average Bonchev–Trinajstić information content (AvgIpc) is 3.04. The molecule has 2 aromatic heterocycles. The van der Waals surface area contributed by atoms with E-state index in [1.165, 1.54) is 18.3 Å². The van der Waals surface area contributed by atoms with Crippen molar-refractivity contribution in [3.63, 3.8) is 0 Å². The van der Waals surface area contributed by atoms with Crippen LogP contribution < -0.4 is 10.5 Å². The van der Waals surface area contributed by atoms with Crippen LogP contribution in [0.2, 0.25) is 0 Å². The molecule has 7 heteroatoms. The highest BCUT2D eigenvalue weighted by Gasteiger charge is 2.19. The van der Waals surface area contributed by atoms with E-state index < -0.39 is 6.09 Å². The molecule has 3 N–H and O–H groups in total. The van der Waals surface area contributed by atoms with Crippen molar-refractivity contribution in [1.29, 1.82) is 0 Å². The molecular weight excluding hydrogens is 302 g/mol. The minimum atomic E-state index is -0.908. The van der Waals surface area contributed by atoms with Crippen LogP contribution in [0.3, 0.4) is 0 Å².